The van der Waals surface area contributed by atoms with Crippen LogP contribution in [0.1, 0.15) is 31.9 Å². The Balaban J connectivity index is 2.66. The maximum atomic E-state index is 12.2. The largest absolute Gasteiger partial charge is 0.481 e. The molecular formula is C14H21N5O5. The maximum absolute atomic E-state index is 12.2. The van der Waals surface area contributed by atoms with Crippen LogP contribution in [0, 0.1) is 0 Å². The van der Waals surface area contributed by atoms with Gasteiger partial charge in [0.25, 0.3) is 0 Å². The van der Waals surface area contributed by atoms with Crippen molar-refractivity contribution in [1.29, 1.82) is 0 Å². The van der Waals surface area contributed by atoms with Crippen molar-refractivity contribution in [2.45, 2.75) is 44.7 Å². The molecule has 2 unspecified atom stereocenters. The van der Waals surface area contributed by atoms with Gasteiger partial charge in [0.1, 0.15) is 12.1 Å². The lowest BCUT2D eigenvalue weighted by atomic mass is 10.1. The van der Waals surface area contributed by atoms with Crippen LogP contribution in [0.3, 0.4) is 0 Å². The molecule has 0 radical (unpaired) electrons. The lowest BCUT2D eigenvalue weighted by Gasteiger charge is -2.19. The monoisotopic (exact) mass is 339 g/mol. The Morgan fingerprint density at radius 3 is 2.54 bits per heavy atom. The molecule has 1 rings (SSSR count). The topological polar surface area (TPSA) is 167 Å². The van der Waals surface area contributed by atoms with Gasteiger partial charge in [-0.15, -0.1) is 0 Å². The number of carboxylic acid groups (broad SMARTS) is 1. The Morgan fingerprint density at radius 1 is 1.29 bits per heavy atom. The molecule has 0 bridgehead atoms. The normalized spacial score (nSPS) is 12.9. The lowest BCUT2D eigenvalue weighted by molar-refractivity contribution is -0.137. The second kappa shape index (κ2) is 9.28. The third-order valence-electron chi connectivity index (χ3n) is 3.21. The molecule has 3 amide bonds. The highest BCUT2D eigenvalue weighted by Gasteiger charge is 2.24. The number of primary amides is 1. The smallest absolute Gasteiger partial charge is 0.303 e. The Hall–Kier alpha value is -2.91. The van der Waals surface area contributed by atoms with Gasteiger partial charge in [0.15, 0.2) is 0 Å². The molecule has 0 aliphatic carbocycles. The van der Waals surface area contributed by atoms with Crippen LogP contribution in [-0.4, -0.2) is 50.8 Å². The number of aromatic nitrogens is 2. The van der Waals surface area contributed by atoms with E-state index in [0.29, 0.717) is 5.69 Å². The number of imidazole rings is 1. The van der Waals surface area contributed by atoms with Crippen LogP contribution >= 0.6 is 0 Å². The predicted molar refractivity (Wildman–Crippen MR) is 82.5 cm³/mol. The quantitative estimate of drug-likeness (QED) is 0.354. The van der Waals surface area contributed by atoms with E-state index < -0.39 is 35.8 Å². The van der Waals surface area contributed by atoms with Gasteiger partial charge in [0.2, 0.25) is 17.7 Å². The van der Waals surface area contributed by atoms with E-state index in [-0.39, 0.29) is 25.7 Å². The molecule has 1 heterocycles. The summed E-state index contributed by atoms with van der Waals surface area (Å²) < 4.78 is 0. The summed E-state index contributed by atoms with van der Waals surface area (Å²) in [7, 11) is 0. The molecule has 2 atom stereocenters. The molecule has 0 fully saturated rings. The lowest BCUT2D eigenvalue weighted by Crippen LogP contribution is -2.52. The number of carbonyl (C=O) groups excluding carboxylic acids is 3. The molecule has 132 valence electrons. The highest BCUT2D eigenvalue weighted by Crippen LogP contribution is 2.02. The fourth-order valence-corrected chi connectivity index (χ4v) is 1.88. The Labute approximate surface area is 138 Å². The van der Waals surface area contributed by atoms with Crippen molar-refractivity contribution in [2.75, 3.05) is 0 Å². The molecule has 10 heteroatoms. The fraction of sp³-hybridized carbons (Fsp3) is 0.500. The fourth-order valence-electron chi connectivity index (χ4n) is 1.88. The van der Waals surface area contributed by atoms with E-state index in [2.05, 4.69) is 20.6 Å². The minimum absolute atomic E-state index is 0.0234. The number of nitrogens with zero attached hydrogens (tertiary/aromatic N) is 1. The SMILES string of the molecule is CC(NC(=O)C(Cc1cnc[nH]1)NC(=O)CCCC(=O)O)C(N)=O. The van der Waals surface area contributed by atoms with Crippen molar-refractivity contribution >= 4 is 23.7 Å². The van der Waals surface area contributed by atoms with Crippen molar-refractivity contribution in [3.8, 4) is 0 Å². The number of H-pyrrole nitrogens is 1. The molecule has 0 spiro atoms. The van der Waals surface area contributed by atoms with Crippen molar-refractivity contribution < 1.29 is 24.3 Å². The van der Waals surface area contributed by atoms with Crippen LogP contribution in [0.5, 0.6) is 0 Å². The second-order valence-corrected chi connectivity index (χ2v) is 5.28. The minimum atomic E-state index is -0.996. The molecule has 6 N–H and O–H groups in total. The van der Waals surface area contributed by atoms with Crippen LogP contribution in [-0.2, 0) is 25.6 Å². The predicted octanol–water partition coefficient (Wildman–Crippen LogP) is -1.32. The number of carbonyl (C=O) groups is 4. The molecule has 0 aliphatic heterocycles. The summed E-state index contributed by atoms with van der Waals surface area (Å²) >= 11 is 0. The van der Waals surface area contributed by atoms with Gasteiger partial charge in [-0.05, 0) is 13.3 Å². The highest BCUT2D eigenvalue weighted by molar-refractivity contribution is 5.91. The third kappa shape index (κ3) is 6.90. The highest BCUT2D eigenvalue weighted by atomic mass is 16.4. The van der Waals surface area contributed by atoms with Crippen molar-refractivity contribution in [3.63, 3.8) is 0 Å². The number of aromatic amines is 1. The minimum Gasteiger partial charge on any atom is -0.481 e. The molecule has 0 aliphatic rings. The average molecular weight is 339 g/mol. The molecule has 10 nitrogen and oxygen atoms in total. The van der Waals surface area contributed by atoms with Gasteiger partial charge in [0, 0.05) is 31.2 Å². The molecule has 1 aromatic heterocycles. The van der Waals surface area contributed by atoms with Crippen LogP contribution in [0.4, 0.5) is 0 Å². The average Bonchev–Trinajstić information content (AvgIpc) is 2.98. The van der Waals surface area contributed by atoms with Crippen LogP contribution in [0.15, 0.2) is 12.5 Å². The number of carboxylic acids is 1. The zero-order chi connectivity index (χ0) is 18.1. The van der Waals surface area contributed by atoms with Gasteiger partial charge in [-0.2, -0.15) is 0 Å². The van der Waals surface area contributed by atoms with Gasteiger partial charge >= 0.3 is 5.97 Å². The van der Waals surface area contributed by atoms with E-state index in [0.717, 1.165) is 0 Å². The Morgan fingerprint density at radius 2 is 2.00 bits per heavy atom. The Bertz CT molecular complexity index is 586. The number of nitrogens with one attached hydrogen (secondary N) is 3. The van der Waals surface area contributed by atoms with Gasteiger partial charge in [0.05, 0.1) is 6.33 Å². The first kappa shape index (κ1) is 19.1. The first-order valence-corrected chi connectivity index (χ1v) is 7.37. The van der Waals surface area contributed by atoms with E-state index in [1.54, 1.807) is 0 Å². The number of amides is 3. The van der Waals surface area contributed by atoms with Crippen molar-refractivity contribution in [3.05, 3.63) is 18.2 Å². The zero-order valence-electron chi connectivity index (χ0n) is 13.2. The first-order chi connectivity index (χ1) is 11.3. The molecular weight excluding hydrogens is 318 g/mol. The summed E-state index contributed by atoms with van der Waals surface area (Å²) in [4.78, 5) is 52.3. The van der Waals surface area contributed by atoms with E-state index in [1.807, 2.05) is 0 Å². The number of aliphatic carboxylic acids is 1. The molecule has 24 heavy (non-hydrogen) atoms. The summed E-state index contributed by atoms with van der Waals surface area (Å²) in [5.41, 5.74) is 5.72. The van der Waals surface area contributed by atoms with E-state index in [9.17, 15) is 19.2 Å². The Kier molecular flexibility index (Phi) is 7.40. The van der Waals surface area contributed by atoms with E-state index >= 15 is 0 Å². The van der Waals surface area contributed by atoms with Crippen LogP contribution in [0.25, 0.3) is 0 Å². The molecule has 1 aromatic rings. The van der Waals surface area contributed by atoms with Crippen LogP contribution < -0.4 is 16.4 Å². The molecule has 0 saturated heterocycles. The number of rotatable bonds is 10. The van der Waals surface area contributed by atoms with Crippen molar-refractivity contribution in [2.24, 2.45) is 5.73 Å². The molecule has 0 saturated carbocycles. The first-order valence-electron chi connectivity index (χ1n) is 7.37. The zero-order valence-corrected chi connectivity index (χ0v) is 13.2. The second-order valence-electron chi connectivity index (χ2n) is 5.28. The maximum Gasteiger partial charge on any atom is 0.303 e. The standard InChI is InChI=1S/C14H21N5O5/c1-8(13(15)23)18-14(24)10(5-9-6-16-7-17-9)19-11(20)3-2-4-12(21)22/h6-8,10H,2-5H2,1H3,(H2,15,23)(H,16,17)(H,18,24)(H,19,20)(H,21,22). The number of hydrogen-bond acceptors (Lipinski definition) is 5. The van der Waals surface area contributed by atoms with Crippen molar-refractivity contribution in [1.82, 2.24) is 20.6 Å². The van der Waals surface area contributed by atoms with E-state index in [4.69, 9.17) is 10.8 Å². The van der Waals surface area contributed by atoms with Gasteiger partial charge in [-0.3, -0.25) is 19.2 Å². The third-order valence-corrected chi connectivity index (χ3v) is 3.21. The van der Waals surface area contributed by atoms with Gasteiger partial charge in [-0.1, -0.05) is 0 Å². The summed E-state index contributed by atoms with van der Waals surface area (Å²) in [6, 6.07) is -1.82. The number of hydrogen-bond donors (Lipinski definition) is 5. The van der Waals surface area contributed by atoms with Gasteiger partial charge < -0.3 is 26.5 Å². The number of nitrogens with two attached hydrogens (primary N) is 1. The van der Waals surface area contributed by atoms with Crippen LogP contribution in [0.2, 0.25) is 0 Å². The van der Waals surface area contributed by atoms with Gasteiger partial charge in [-0.25, -0.2) is 4.98 Å². The van der Waals surface area contributed by atoms with E-state index in [1.165, 1.54) is 19.4 Å². The summed E-state index contributed by atoms with van der Waals surface area (Å²) in [6.07, 6.45) is 3.09. The summed E-state index contributed by atoms with van der Waals surface area (Å²) in [6.45, 7) is 1.43. The molecule has 0 aromatic carbocycles. The summed E-state index contributed by atoms with van der Waals surface area (Å²) in [5.74, 6) is -2.72. The summed E-state index contributed by atoms with van der Waals surface area (Å²) in [5, 5.41) is 13.5.